The largest absolute Gasteiger partial charge is 0.365 e. The third kappa shape index (κ3) is 2.86. The maximum absolute atomic E-state index is 3.57. The highest BCUT2D eigenvalue weighted by Gasteiger charge is 2.22. The predicted molar refractivity (Wildman–Crippen MR) is 67.7 cm³/mol. The van der Waals surface area contributed by atoms with Gasteiger partial charge in [0.1, 0.15) is 0 Å². The molecule has 2 rings (SSSR count). The van der Waals surface area contributed by atoms with Gasteiger partial charge in [0.15, 0.2) is 0 Å². The van der Waals surface area contributed by atoms with Crippen LogP contribution in [0.15, 0.2) is 18.3 Å². The van der Waals surface area contributed by atoms with Crippen molar-refractivity contribution in [2.75, 3.05) is 19.6 Å². The first-order valence-corrected chi connectivity index (χ1v) is 6.26. The molecule has 0 radical (unpaired) electrons. The van der Waals surface area contributed by atoms with Crippen molar-refractivity contribution in [2.45, 2.75) is 38.1 Å². The Labute approximate surface area is 98.0 Å². The average Bonchev–Trinajstić information content (AvgIpc) is 2.90. The molecule has 0 bridgehead atoms. The first-order chi connectivity index (χ1) is 7.68. The number of hydrogen-bond donors (Lipinski definition) is 3. The molecular formula is C13H23N3. The summed E-state index contributed by atoms with van der Waals surface area (Å²) in [4.78, 5) is 3.30. The quantitative estimate of drug-likeness (QED) is 0.707. The van der Waals surface area contributed by atoms with Gasteiger partial charge in [0.25, 0.3) is 0 Å². The lowest BCUT2D eigenvalue weighted by atomic mass is 9.89. The van der Waals surface area contributed by atoms with E-state index in [9.17, 15) is 0 Å². The van der Waals surface area contributed by atoms with Crippen LogP contribution in [0.25, 0.3) is 0 Å². The van der Waals surface area contributed by atoms with E-state index in [0.717, 1.165) is 13.1 Å². The van der Waals surface area contributed by atoms with Gasteiger partial charge in [-0.1, -0.05) is 13.8 Å². The predicted octanol–water partition coefficient (Wildman–Crippen LogP) is 1.63. The Morgan fingerprint density at radius 1 is 1.50 bits per heavy atom. The topological polar surface area (TPSA) is 39.8 Å². The van der Waals surface area contributed by atoms with Gasteiger partial charge in [-0.3, -0.25) is 0 Å². The molecule has 0 aromatic carbocycles. The number of rotatable bonds is 5. The van der Waals surface area contributed by atoms with E-state index in [0.29, 0.717) is 6.04 Å². The van der Waals surface area contributed by atoms with Crippen molar-refractivity contribution >= 4 is 0 Å². The van der Waals surface area contributed by atoms with Crippen LogP contribution in [0.1, 0.15) is 32.4 Å². The maximum atomic E-state index is 3.57. The Bertz CT molecular complexity index is 297. The lowest BCUT2D eigenvalue weighted by molar-refractivity contribution is 0.435. The highest BCUT2D eigenvalue weighted by atomic mass is 15.0. The van der Waals surface area contributed by atoms with E-state index in [1.165, 1.54) is 25.1 Å². The molecule has 3 N–H and O–H groups in total. The molecule has 3 nitrogen and oxygen atoms in total. The molecule has 90 valence electrons. The minimum Gasteiger partial charge on any atom is -0.365 e. The van der Waals surface area contributed by atoms with Gasteiger partial charge in [0, 0.05) is 36.4 Å². The van der Waals surface area contributed by atoms with Crippen LogP contribution >= 0.6 is 0 Å². The van der Waals surface area contributed by atoms with Gasteiger partial charge in [-0.05, 0) is 31.5 Å². The molecule has 1 aromatic rings. The molecule has 1 aliphatic rings. The van der Waals surface area contributed by atoms with Crippen molar-refractivity contribution in [1.29, 1.82) is 0 Å². The van der Waals surface area contributed by atoms with Crippen LogP contribution in [0.3, 0.4) is 0 Å². The van der Waals surface area contributed by atoms with Gasteiger partial charge in [0.05, 0.1) is 0 Å². The zero-order chi connectivity index (χ0) is 11.4. The Morgan fingerprint density at radius 3 is 3.00 bits per heavy atom. The van der Waals surface area contributed by atoms with Crippen molar-refractivity contribution in [2.24, 2.45) is 0 Å². The number of aromatic amines is 1. The van der Waals surface area contributed by atoms with Crippen molar-refractivity contribution < 1.29 is 0 Å². The van der Waals surface area contributed by atoms with E-state index >= 15 is 0 Å². The summed E-state index contributed by atoms with van der Waals surface area (Å²) in [5.74, 6) is 0. The summed E-state index contributed by atoms with van der Waals surface area (Å²) in [5, 5.41) is 7.08. The van der Waals surface area contributed by atoms with Gasteiger partial charge < -0.3 is 15.6 Å². The lowest BCUT2D eigenvalue weighted by Crippen LogP contribution is -2.40. The van der Waals surface area contributed by atoms with Gasteiger partial charge in [-0.15, -0.1) is 0 Å². The zero-order valence-electron chi connectivity index (χ0n) is 10.3. The van der Waals surface area contributed by atoms with E-state index in [1.807, 2.05) is 6.20 Å². The van der Waals surface area contributed by atoms with Crippen molar-refractivity contribution in [1.82, 2.24) is 15.6 Å². The van der Waals surface area contributed by atoms with Gasteiger partial charge in [-0.25, -0.2) is 0 Å². The summed E-state index contributed by atoms with van der Waals surface area (Å²) >= 11 is 0. The van der Waals surface area contributed by atoms with E-state index in [-0.39, 0.29) is 5.41 Å². The summed E-state index contributed by atoms with van der Waals surface area (Å²) in [6.07, 6.45) is 4.64. The number of aromatic nitrogens is 1. The van der Waals surface area contributed by atoms with Crippen LogP contribution in [0.5, 0.6) is 0 Å². The Hall–Kier alpha value is -0.800. The molecule has 1 atom stereocenters. The summed E-state index contributed by atoms with van der Waals surface area (Å²) in [6.45, 7) is 7.84. The van der Waals surface area contributed by atoms with E-state index in [1.54, 1.807) is 0 Å². The summed E-state index contributed by atoms with van der Waals surface area (Å²) in [5.41, 5.74) is 1.49. The molecule has 0 spiro atoms. The molecule has 1 aliphatic heterocycles. The minimum atomic E-state index is 0.183. The summed E-state index contributed by atoms with van der Waals surface area (Å²) < 4.78 is 0. The highest BCUT2D eigenvalue weighted by molar-refractivity contribution is 5.15. The number of hydrogen-bond acceptors (Lipinski definition) is 2. The van der Waals surface area contributed by atoms with Crippen molar-refractivity contribution in [3.63, 3.8) is 0 Å². The van der Waals surface area contributed by atoms with Crippen molar-refractivity contribution in [3.8, 4) is 0 Å². The Kier molecular flexibility index (Phi) is 3.66. The third-order valence-electron chi connectivity index (χ3n) is 3.45. The number of H-pyrrole nitrogens is 1. The third-order valence-corrected chi connectivity index (χ3v) is 3.45. The standard InChI is InChI=1S/C13H23N3/c1-13(2,12-6-4-8-16-12)10-14-9-11-5-3-7-15-11/h4,6,8,11,14-16H,3,5,7,9-10H2,1-2H3. The molecule has 0 aliphatic carbocycles. The van der Waals surface area contributed by atoms with Crippen LogP contribution in [-0.2, 0) is 5.41 Å². The van der Waals surface area contributed by atoms with Gasteiger partial charge in [0.2, 0.25) is 0 Å². The lowest BCUT2D eigenvalue weighted by Gasteiger charge is -2.25. The van der Waals surface area contributed by atoms with Crippen LogP contribution in [0.2, 0.25) is 0 Å². The van der Waals surface area contributed by atoms with Crippen LogP contribution < -0.4 is 10.6 Å². The van der Waals surface area contributed by atoms with Crippen molar-refractivity contribution in [3.05, 3.63) is 24.0 Å². The Morgan fingerprint density at radius 2 is 2.38 bits per heavy atom. The maximum Gasteiger partial charge on any atom is 0.0217 e. The molecule has 1 saturated heterocycles. The highest BCUT2D eigenvalue weighted by Crippen LogP contribution is 2.19. The molecule has 1 fully saturated rings. The Balaban J connectivity index is 1.76. The normalized spacial score (nSPS) is 21.5. The second-order valence-electron chi connectivity index (χ2n) is 5.39. The minimum absolute atomic E-state index is 0.183. The van der Waals surface area contributed by atoms with Gasteiger partial charge >= 0.3 is 0 Å². The molecule has 3 heteroatoms. The molecule has 16 heavy (non-hydrogen) atoms. The molecule has 1 aromatic heterocycles. The fourth-order valence-electron chi connectivity index (χ4n) is 2.34. The first-order valence-electron chi connectivity index (χ1n) is 6.26. The molecular weight excluding hydrogens is 198 g/mol. The first kappa shape index (κ1) is 11.7. The average molecular weight is 221 g/mol. The van der Waals surface area contributed by atoms with Crippen LogP contribution in [-0.4, -0.2) is 30.7 Å². The van der Waals surface area contributed by atoms with Crippen LogP contribution in [0.4, 0.5) is 0 Å². The molecule has 0 amide bonds. The van der Waals surface area contributed by atoms with E-state index in [2.05, 4.69) is 41.6 Å². The SMILES string of the molecule is CC(C)(CNCC1CCCN1)c1ccc[nH]1. The number of nitrogens with one attached hydrogen (secondary N) is 3. The monoisotopic (exact) mass is 221 g/mol. The fourth-order valence-corrected chi connectivity index (χ4v) is 2.34. The molecule has 2 heterocycles. The van der Waals surface area contributed by atoms with E-state index < -0.39 is 0 Å². The smallest absolute Gasteiger partial charge is 0.0217 e. The fraction of sp³-hybridized carbons (Fsp3) is 0.692. The van der Waals surface area contributed by atoms with E-state index in [4.69, 9.17) is 0 Å². The van der Waals surface area contributed by atoms with Crippen LogP contribution in [0, 0.1) is 0 Å². The second-order valence-corrected chi connectivity index (χ2v) is 5.39. The molecule has 0 saturated carbocycles. The second kappa shape index (κ2) is 5.02. The summed E-state index contributed by atoms with van der Waals surface area (Å²) in [7, 11) is 0. The zero-order valence-corrected chi connectivity index (χ0v) is 10.3. The summed E-state index contributed by atoms with van der Waals surface area (Å²) in [6, 6.07) is 4.91. The molecule has 1 unspecified atom stereocenters. The van der Waals surface area contributed by atoms with Gasteiger partial charge in [-0.2, -0.15) is 0 Å².